The highest BCUT2D eigenvalue weighted by molar-refractivity contribution is 5.78. The summed E-state index contributed by atoms with van der Waals surface area (Å²) in [5.74, 6) is -1.70. The molecule has 0 atom stereocenters. The van der Waals surface area contributed by atoms with Crippen molar-refractivity contribution in [1.82, 2.24) is 5.32 Å². The van der Waals surface area contributed by atoms with Gasteiger partial charge < -0.3 is 11.1 Å². The Bertz CT molecular complexity index is 277. The minimum absolute atomic E-state index is 0.00312. The van der Waals surface area contributed by atoms with Gasteiger partial charge in [0.25, 0.3) is 0 Å². The van der Waals surface area contributed by atoms with Crippen molar-refractivity contribution < 1.29 is 8.78 Å². The van der Waals surface area contributed by atoms with Crippen LogP contribution in [0.4, 0.5) is 8.78 Å². The van der Waals surface area contributed by atoms with E-state index in [9.17, 15) is 8.78 Å². The number of nitrogens with two attached hydrogens (primary N) is 1. The van der Waals surface area contributed by atoms with Crippen LogP contribution in [-0.4, -0.2) is 24.5 Å². The summed E-state index contributed by atoms with van der Waals surface area (Å²) in [5.41, 5.74) is 5.75. The van der Waals surface area contributed by atoms with Gasteiger partial charge in [0, 0.05) is 25.4 Å². The molecule has 0 unspecified atom stereocenters. The van der Waals surface area contributed by atoms with Gasteiger partial charge in [0.1, 0.15) is 0 Å². The van der Waals surface area contributed by atoms with Crippen molar-refractivity contribution in [1.29, 1.82) is 0 Å². The van der Waals surface area contributed by atoms with E-state index in [-0.39, 0.29) is 18.8 Å². The summed E-state index contributed by atoms with van der Waals surface area (Å²) in [6, 6.07) is 0.481. The molecule has 0 radical (unpaired) electrons. The lowest BCUT2D eigenvalue weighted by molar-refractivity contribution is -0.0446. The fraction of sp³-hybridized carbons (Fsp3) is 0.917. The average molecular weight is 245 g/mol. The zero-order valence-electron chi connectivity index (χ0n) is 10.1. The molecule has 98 valence electrons. The van der Waals surface area contributed by atoms with Gasteiger partial charge in [-0.05, 0) is 38.0 Å². The predicted molar refractivity (Wildman–Crippen MR) is 64.2 cm³/mol. The van der Waals surface area contributed by atoms with Gasteiger partial charge in [0.15, 0.2) is 5.96 Å². The number of alkyl halides is 2. The molecule has 0 bridgehead atoms. The van der Waals surface area contributed by atoms with Crippen molar-refractivity contribution >= 4 is 5.96 Å². The third-order valence-electron chi connectivity index (χ3n) is 3.81. The molecule has 0 saturated heterocycles. The SMILES string of the molecule is NC(=NCC1CCC(F)(F)CC1)NC1CCC1. The van der Waals surface area contributed by atoms with Gasteiger partial charge in [0.05, 0.1) is 0 Å². The second kappa shape index (κ2) is 5.19. The number of nitrogens with one attached hydrogen (secondary N) is 1. The van der Waals surface area contributed by atoms with Crippen LogP contribution < -0.4 is 11.1 Å². The molecule has 0 aromatic carbocycles. The molecule has 2 rings (SSSR count). The van der Waals surface area contributed by atoms with Gasteiger partial charge in [-0.1, -0.05) is 0 Å². The first kappa shape index (κ1) is 12.6. The van der Waals surface area contributed by atoms with E-state index in [1.807, 2.05) is 0 Å². The van der Waals surface area contributed by atoms with Crippen LogP contribution in [0.3, 0.4) is 0 Å². The van der Waals surface area contributed by atoms with Crippen LogP contribution in [0.2, 0.25) is 0 Å². The summed E-state index contributed by atoms with van der Waals surface area (Å²) < 4.78 is 25.9. The fourth-order valence-electron chi connectivity index (χ4n) is 2.32. The van der Waals surface area contributed by atoms with E-state index in [1.54, 1.807) is 0 Å². The Labute approximate surface area is 101 Å². The Balaban J connectivity index is 1.68. The molecule has 0 aromatic heterocycles. The largest absolute Gasteiger partial charge is 0.370 e. The van der Waals surface area contributed by atoms with E-state index in [2.05, 4.69) is 10.3 Å². The molecule has 2 fully saturated rings. The molecule has 17 heavy (non-hydrogen) atoms. The van der Waals surface area contributed by atoms with Crippen LogP contribution in [-0.2, 0) is 0 Å². The van der Waals surface area contributed by atoms with E-state index in [1.165, 1.54) is 6.42 Å². The normalized spacial score (nSPS) is 26.6. The molecule has 2 saturated carbocycles. The van der Waals surface area contributed by atoms with Crippen LogP contribution in [0.1, 0.15) is 44.9 Å². The summed E-state index contributed by atoms with van der Waals surface area (Å²) in [6.07, 6.45) is 4.70. The standard InChI is InChI=1S/C12H21F2N3/c13-12(14)6-4-9(5-7-12)8-16-11(15)17-10-2-1-3-10/h9-10H,1-8H2,(H3,15,16,17). The summed E-state index contributed by atoms with van der Waals surface area (Å²) >= 11 is 0. The summed E-state index contributed by atoms with van der Waals surface area (Å²) in [6.45, 7) is 0.585. The fourth-order valence-corrected chi connectivity index (χ4v) is 2.32. The first-order valence-electron chi connectivity index (χ1n) is 6.49. The second-order valence-corrected chi connectivity index (χ2v) is 5.30. The van der Waals surface area contributed by atoms with E-state index in [0.29, 0.717) is 31.4 Å². The topological polar surface area (TPSA) is 50.4 Å². The molecular formula is C12H21F2N3. The van der Waals surface area contributed by atoms with Gasteiger partial charge >= 0.3 is 0 Å². The maximum absolute atomic E-state index is 12.9. The minimum Gasteiger partial charge on any atom is -0.370 e. The van der Waals surface area contributed by atoms with Crippen molar-refractivity contribution in [2.45, 2.75) is 56.9 Å². The molecule has 3 nitrogen and oxygen atoms in total. The maximum Gasteiger partial charge on any atom is 0.248 e. The number of rotatable bonds is 3. The number of halogens is 2. The number of guanidine groups is 1. The summed E-state index contributed by atoms with van der Waals surface area (Å²) in [4.78, 5) is 4.26. The van der Waals surface area contributed by atoms with Gasteiger partial charge in [-0.25, -0.2) is 8.78 Å². The zero-order chi connectivity index (χ0) is 12.3. The lowest BCUT2D eigenvalue weighted by Gasteiger charge is -2.28. The molecule has 5 heteroatoms. The Morgan fingerprint density at radius 2 is 1.88 bits per heavy atom. The Morgan fingerprint density at radius 3 is 2.41 bits per heavy atom. The first-order chi connectivity index (χ1) is 8.05. The van der Waals surface area contributed by atoms with Crippen molar-refractivity contribution in [3.63, 3.8) is 0 Å². The molecule has 2 aliphatic carbocycles. The van der Waals surface area contributed by atoms with E-state index in [4.69, 9.17) is 5.73 Å². The lowest BCUT2D eigenvalue weighted by atomic mass is 9.87. The smallest absolute Gasteiger partial charge is 0.248 e. The monoisotopic (exact) mass is 245 g/mol. The molecule has 0 aromatic rings. The van der Waals surface area contributed by atoms with Crippen LogP contribution in [0.15, 0.2) is 4.99 Å². The highest BCUT2D eigenvalue weighted by atomic mass is 19.3. The maximum atomic E-state index is 12.9. The van der Waals surface area contributed by atoms with Crippen molar-refractivity contribution in [3.8, 4) is 0 Å². The predicted octanol–water partition coefficient (Wildman–Crippen LogP) is 2.27. The molecular weight excluding hydrogens is 224 g/mol. The third kappa shape index (κ3) is 3.82. The van der Waals surface area contributed by atoms with E-state index < -0.39 is 5.92 Å². The second-order valence-electron chi connectivity index (χ2n) is 5.30. The number of nitrogens with zero attached hydrogens (tertiary/aromatic N) is 1. The van der Waals surface area contributed by atoms with Gasteiger partial charge in [-0.3, -0.25) is 4.99 Å². The van der Waals surface area contributed by atoms with Crippen LogP contribution >= 0.6 is 0 Å². The van der Waals surface area contributed by atoms with Crippen LogP contribution in [0.25, 0.3) is 0 Å². The molecule has 0 aliphatic heterocycles. The molecule has 0 heterocycles. The van der Waals surface area contributed by atoms with Crippen molar-refractivity contribution in [2.75, 3.05) is 6.54 Å². The Kier molecular flexibility index (Phi) is 3.84. The molecule has 2 aliphatic rings. The Hall–Kier alpha value is -0.870. The molecule has 0 spiro atoms. The highest BCUT2D eigenvalue weighted by Crippen LogP contribution is 2.36. The van der Waals surface area contributed by atoms with Crippen molar-refractivity contribution in [3.05, 3.63) is 0 Å². The van der Waals surface area contributed by atoms with Crippen molar-refractivity contribution in [2.24, 2.45) is 16.6 Å². The number of hydrogen-bond donors (Lipinski definition) is 2. The third-order valence-corrected chi connectivity index (χ3v) is 3.81. The minimum atomic E-state index is -2.45. The summed E-state index contributed by atoms with van der Waals surface area (Å²) in [5, 5.41) is 3.15. The van der Waals surface area contributed by atoms with Gasteiger partial charge in [-0.2, -0.15) is 0 Å². The van der Waals surface area contributed by atoms with Gasteiger partial charge in [0.2, 0.25) is 5.92 Å². The van der Waals surface area contributed by atoms with E-state index >= 15 is 0 Å². The average Bonchev–Trinajstić information content (AvgIpc) is 2.22. The quantitative estimate of drug-likeness (QED) is 0.592. The van der Waals surface area contributed by atoms with Gasteiger partial charge in [-0.15, -0.1) is 0 Å². The zero-order valence-corrected chi connectivity index (χ0v) is 10.1. The van der Waals surface area contributed by atoms with Crippen LogP contribution in [0, 0.1) is 5.92 Å². The molecule has 0 amide bonds. The number of hydrogen-bond acceptors (Lipinski definition) is 1. The lowest BCUT2D eigenvalue weighted by Crippen LogP contribution is -2.44. The Morgan fingerprint density at radius 1 is 1.24 bits per heavy atom. The molecule has 3 N–H and O–H groups in total. The first-order valence-corrected chi connectivity index (χ1v) is 6.49. The van der Waals surface area contributed by atoms with E-state index in [0.717, 1.165) is 12.8 Å². The highest BCUT2D eigenvalue weighted by Gasteiger charge is 2.34. The van der Waals surface area contributed by atoms with Crippen LogP contribution in [0.5, 0.6) is 0 Å². The summed E-state index contributed by atoms with van der Waals surface area (Å²) in [7, 11) is 0. The number of aliphatic imine (C=N–C) groups is 1.